The zero-order valence-corrected chi connectivity index (χ0v) is 9.38. The van der Waals surface area contributed by atoms with Crippen LogP contribution in [0.1, 0.15) is 11.1 Å². The van der Waals surface area contributed by atoms with E-state index in [1.807, 2.05) is 19.1 Å². The molecular weight excluding hydrogens is 210 g/mol. The van der Waals surface area contributed by atoms with Crippen molar-refractivity contribution in [1.82, 2.24) is 0 Å². The van der Waals surface area contributed by atoms with Gasteiger partial charge in [-0.05, 0) is 18.6 Å². The second-order valence-corrected chi connectivity index (χ2v) is 5.29. The number of benzene rings is 1. The fourth-order valence-corrected chi connectivity index (χ4v) is 1.55. The highest BCUT2D eigenvalue weighted by atomic mass is 32.2. The molecule has 15 heavy (non-hydrogen) atoms. The Balaban J connectivity index is 3.17. The van der Waals surface area contributed by atoms with E-state index in [1.54, 1.807) is 18.2 Å². The fraction of sp³-hybridized carbons (Fsp3) is 0.182. The van der Waals surface area contributed by atoms with Gasteiger partial charge in [-0.25, -0.2) is 8.42 Å². The number of hydrogen-bond donors (Lipinski definition) is 0. The molecule has 78 valence electrons. The van der Waals surface area contributed by atoms with Gasteiger partial charge in [0.25, 0.3) is 0 Å². The first kappa shape index (κ1) is 11.5. The average molecular weight is 221 g/mol. The van der Waals surface area contributed by atoms with Crippen molar-refractivity contribution in [2.24, 2.45) is 0 Å². The third kappa shape index (κ3) is 3.22. The largest absolute Gasteiger partial charge is 0.223 e. The number of rotatable bonds is 2. The summed E-state index contributed by atoms with van der Waals surface area (Å²) in [5.74, 6) is 0. The van der Waals surface area contributed by atoms with Crippen molar-refractivity contribution in [3.63, 3.8) is 0 Å². The molecule has 0 fully saturated rings. The molecule has 0 saturated carbocycles. The molecule has 0 saturated heterocycles. The van der Waals surface area contributed by atoms with Gasteiger partial charge in [-0.3, -0.25) is 0 Å². The summed E-state index contributed by atoms with van der Waals surface area (Å²) in [5.41, 5.74) is 1.80. The molecule has 0 amide bonds. The van der Waals surface area contributed by atoms with E-state index >= 15 is 0 Å². The van der Waals surface area contributed by atoms with Crippen LogP contribution in [0.4, 0.5) is 0 Å². The standard InChI is InChI=1S/C11H11NO2S/c1-9-3-5-10(6-4-9)7-11(8-12)15(2,13)14/h3-7H,1-2H3. The lowest BCUT2D eigenvalue weighted by Gasteiger charge is -1.97. The number of aryl methyl sites for hydroxylation is 1. The molecule has 0 spiro atoms. The number of hydrogen-bond acceptors (Lipinski definition) is 3. The Morgan fingerprint density at radius 2 is 1.87 bits per heavy atom. The molecule has 3 nitrogen and oxygen atoms in total. The highest BCUT2D eigenvalue weighted by Gasteiger charge is 2.09. The molecule has 0 aliphatic carbocycles. The number of nitrogens with zero attached hydrogens (tertiary/aromatic N) is 1. The molecule has 1 rings (SSSR count). The van der Waals surface area contributed by atoms with Crippen molar-refractivity contribution in [2.45, 2.75) is 6.92 Å². The van der Waals surface area contributed by atoms with E-state index in [4.69, 9.17) is 5.26 Å². The maximum atomic E-state index is 11.1. The number of allylic oxidation sites excluding steroid dienone is 1. The van der Waals surface area contributed by atoms with Gasteiger partial charge in [0.05, 0.1) is 0 Å². The summed E-state index contributed by atoms with van der Waals surface area (Å²) in [6.07, 6.45) is 2.39. The van der Waals surface area contributed by atoms with Crippen LogP contribution >= 0.6 is 0 Å². The minimum absolute atomic E-state index is 0.216. The SMILES string of the molecule is Cc1ccc(C=C(C#N)S(C)(=O)=O)cc1. The molecule has 1 aromatic carbocycles. The minimum atomic E-state index is -3.42. The lowest BCUT2D eigenvalue weighted by atomic mass is 10.1. The Morgan fingerprint density at radius 3 is 2.27 bits per heavy atom. The molecule has 0 bridgehead atoms. The highest BCUT2D eigenvalue weighted by molar-refractivity contribution is 7.95. The highest BCUT2D eigenvalue weighted by Crippen LogP contribution is 2.11. The topological polar surface area (TPSA) is 57.9 Å². The van der Waals surface area contributed by atoms with Crippen LogP contribution in [-0.4, -0.2) is 14.7 Å². The van der Waals surface area contributed by atoms with Crippen LogP contribution in [-0.2, 0) is 9.84 Å². The van der Waals surface area contributed by atoms with Gasteiger partial charge >= 0.3 is 0 Å². The van der Waals surface area contributed by atoms with E-state index < -0.39 is 9.84 Å². The Kier molecular flexibility index (Phi) is 3.28. The van der Waals surface area contributed by atoms with Gasteiger partial charge in [-0.2, -0.15) is 5.26 Å². The van der Waals surface area contributed by atoms with Crippen LogP contribution in [0.5, 0.6) is 0 Å². The molecule has 1 aromatic rings. The first-order valence-electron chi connectivity index (χ1n) is 4.32. The van der Waals surface area contributed by atoms with E-state index in [-0.39, 0.29) is 4.91 Å². The molecule has 0 N–H and O–H groups in total. The molecule has 0 aromatic heterocycles. The Hall–Kier alpha value is -1.60. The zero-order valence-electron chi connectivity index (χ0n) is 8.56. The maximum absolute atomic E-state index is 11.1. The smallest absolute Gasteiger partial charge is 0.185 e. The van der Waals surface area contributed by atoms with Gasteiger partial charge in [0, 0.05) is 6.26 Å². The molecule has 0 unspecified atom stereocenters. The van der Waals surface area contributed by atoms with Crippen LogP contribution in [0.3, 0.4) is 0 Å². The van der Waals surface area contributed by atoms with Crippen LogP contribution in [0, 0.1) is 18.3 Å². The molecule has 0 aliphatic rings. The van der Waals surface area contributed by atoms with Gasteiger partial charge in [0.15, 0.2) is 9.84 Å². The second-order valence-electron chi connectivity index (χ2n) is 3.30. The summed E-state index contributed by atoms with van der Waals surface area (Å²) in [6, 6.07) is 8.96. The third-order valence-electron chi connectivity index (χ3n) is 1.88. The van der Waals surface area contributed by atoms with Crippen molar-refractivity contribution in [3.05, 3.63) is 40.3 Å². The van der Waals surface area contributed by atoms with E-state index in [0.29, 0.717) is 5.56 Å². The summed E-state index contributed by atoms with van der Waals surface area (Å²) in [4.78, 5) is -0.216. The van der Waals surface area contributed by atoms with E-state index in [1.165, 1.54) is 6.08 Å². The first-order valence-corrected chi connectivity index (χ1v) is 6.21. The lowest BCUT2D eigenvalue weighted by molar-refractivity contribution is 0.609. The van der Waals surface area contributed by atoms with Crippen LogP contribution in [0.15, 0.2) is 29.2 Å². The second kappa shape index (κ2) is 4.28. The van der Waals surface area contributed by atoms with Gasteiger partial charge < -0.3 is 0 Å². The van der Waals surface area contributed by atoms with Gasteiger partial charge in [-0.1, -0.05) is 29.8 Å². The molecule has 0 radical (unpaired) electrons. The van der Waals surface area contributed by atoms with E-state index in [9.17, 15) is 8.42 Å². The predicted octanol–water partition coefficient (Wildman–Crippen LogP) is 1.90. The van der Waals surface area contributed by atoms with Crippen molar-refractivity contribution in [1.29, 1.82) is 5.26 Å². The van der Waals surface area contributed by atoms with Crippen molar-refractivity contribution < 1.29 is 8.42 Å². The van der Waals surface area contributed by atoms with Gasteiger partial charge in [0.2, 0.25) is 0 Å². The summed E-state index contributed by atoms with van der Waals surface area (Å²) < 4.78 is 22.3. The summed E-state index contributed by atoms with van der Waals surface area (Å²) in [7, 11) is -3.42. The molecular formula is C11H11NO2S. The zero-order chi connectivity index (χ0) is 11.5. The Bertz CT molecular complexity index is 519. The van der Waals surface area contributed by atoms with Crippen LogP contribution < -0.4 is 0 Å². The Labute approximate surface area is 89.6 Å². The monoisotopic (exact) mass is 221 g/mol. The van der Waals surface area contributed by atoms with Crippen LogP contribution in [0.2, 0.25) is 0 Å². The van der Waals surface area contributed by atoms with Crippen molar-refractivity contribution in [3.8, 4) is 6.07 Å². The van der Waals surface area contributed by atoms with Crippen LogP contribution in [0.25, 0.3) is 6.08 Å². The minimum Gasteiger partial charge on any atom is -0.223 e. The summed E-state index contributed by atoms with van der Waals surface area (Å²) >= 11 is 0. The summed E-state index contributed by atoms with van der Waals surface area (Å²) in [5, 5.41) is 8.68. The van der Waals surface area contributed by atoms with Crippen molar-refractivity contribution >= 4 is 15.9 Å². The molecule has 0 atom stereocenters. The summed E-state index contributed by atoms with van der Waals surface area (Å²) in [6.45, 7) is 1.94. The van der Waals surface area contributed by atoms with Crippen molar-refractivity contribution in [2.75, 3.05) is 6.26 Å². The normalized spacial score (nSPS) is 12.2. The number of nitriles is 1. The maximum Gasteiger partial charge on any atom is 0.185 e. The van der Waals surface area contributed by atoms with E-state index in [0.717, 1.165) is 11.8 Å². The Morgan fingerprint density at radius 1 is 1.33 bits per heavy atom. The molecule has 0 heterocycles. The van der Waals surface area contributed by atoms with Gasteiger partial charge in [-0.15, -0.1) is 0 Å². The first-order chi connectivity index (χ1) is 6.93. The predicted molar refractivity (Wildman–Crippen MR) is 59.6 cm³/mol. The van der Waals surface area contributed by atoms with Gasteiger partial charge in [0.1, 0.15) is 11.0 Å². The quantitative estimate of drug-likeness (QED) is 0.717. The molecule has 4 heteroatoms. The number of sulfone groups is 1. The molecule has 0 aliphatic heterocycles. The lowest BCUT2D eigenvalue weighted by Crippen LogP contribution is -1.98. The van der Waals surface area contributed by atoms with E-state index in [2.05, 4.69) is 0 Å². The third-order valence-corrected chi connectivity index (χ3v) is 2.89. The average Bonchev–Trinajstić information content (AvgIpc) is 2.15. The fourth-order valence-electron chi connectivity index (χ4n) is 1.04.